The molecule has 0 bridgehead atoms. The molecule has 3 nitrogen and oxygen atoms in total. The molecule has 0 saturated heterocycles. The summed E-state index contributed by atoms with van der Waals surface area (Å²) in [5.41, 5.74) is 1.26. The van der Waals surface area contributed by atoms with Crippen LogP contribution in [0.3, 0.4) is 0 Å². The third-order valence-electron chi connectivity index (χ3n) is 2.19. The average molecular weight is 209 g/mol. The van der Waals surface area contributed by atoms with Crippen molar-refractivity contribution >= 4 is 0 Å². The maximum absolute atomic E-state index is 5.50. The van der Waals surface area contributed by atoms with Gasteiger partial charge in [-0.05, 0) is 44.6 Å². The second-order valence-corrected chi connectivity index (χ2v) is 3.27. The van der Waals surface area contributed by atoms with Crippen LogP contribution in [0.5, 0.6) is 11.5 Å². The van der Waals surface area contributed by atoms with Crippen molar-refractivity contribution in [3.05, 3.63) is 23.8 Å². The monoisotopic (exact) mass is 209 g/mol. The van der Waals surface area contributed by atoms with E-state index in [0.29, 0.717) is 6.61 Å². The molecule has 15 heavy (non-hydrogen) atoms. The summed E-state index contributed by atoms with van der Waals surface area (Å²) in [6.45, 7) is 3.60. The third-order valence-corrected chi connectivity index (χ3v) is 2.19. The molecule has 0 aliphatic carbocycles. The van der Waals surface area contributed by atoms with E-state index in [0.717, 1.165) is 24.5 Å². The molecule has 3 heteroatoms. The highest BCUT2D eigenvalue weighted by Gasteiger charge is 2.04. The summed E-state index contributed by atoms with van der Waals surface area (Å²) < 4.78 is 10.7. The van der Waals surface area contributed by atoms with Gasteiger partial charge in [0.1, 0.15) is 0 Å². The standard InChI is InChI=1S/C12H19NO2/c1-4-15-12-9-10(7-8-13-2)5-6-11(12)14-3/h5-6,9,13H,4,7-8H2,1-3H3. The summed E-state index contributed by atoms with van der Waals surface area (Å²) in [6, 6.07) is 6.06. The molecule has 0 saturated carbocycles. The van der Waals surface area contributed by atoms with E-state index in [1.54, 1.807) is 7.11 Å². The minimum absolute atomic E-state index is 0.659. The molecule has 1 aromatic carbocycles. The van der Waals surface area contributed by atoms with Crippen molar-refractivity contribution in [1.29, 1.82) is 0 Å². The summed E-state index contributed by atoms with van der Waals surface area (Å²) in [7, 11) is 3.61. The van der Waals surface area contributed by atoms with E-state index in [1.165, 1.54) is 5.56 Å². The average Bonchev–Trinajstić information content (AvgIpc) is 2.27. The van der Waals surface area contributed by atoms with Crippen molar-refractivity contribution in [1.82, 2.24) is 5.32 Å². The second-order valence-electron chi connectivity index (χ2n) is 3.27. The quantitative estimate of drug-likeness (QED) is 0.775. The number of benzene rings is 1. The molecule has 0 fully saturated rings. The van der Waals surface area contributed by atoms with Crippen LogP contribution in [0, 0.1) is 0 Å². The van der Waals surface area contributed by atoms with Gasteiger partial charge in [0, 0.05) is 0 Å². The molecule has 0 radical (unpaired) electrons. The predicted molar refractivity (Wildman–Crippen MR) is 61.8 cm³/mol. The first-order valence-corrected chi connectivity index (χ1v) is 5.26. The third kappa shape index (κ3) is 3.44. The highest BCUT2D eigenvalue weighted by Crippen LogP contribution is 2.28. The number of nitrogens with one attached hydrogen (secondary N) is 1. The van der Waals surface area contributed by atoms with Crippen LogP contribution < -0.4 is 14.8 Å². The second kappa shape index (κ2) is 6.30. The van der Waals surface area contributed by atoms with E-state index >= 15 is 0 Å². The number of likely N-dealkylation sites (N-methyl/N-ethyl adjacent to an activating group) is 1. The van der Waals surface area contributed by atoms with Crippen LogP contribution in [-0.4, -0.2) is 27.3 Å². The van der Waals surface area contributed by atoms with E-state index in [2.05, 4.69) is 11.4 Å². The zero-order valence-corrected chi connectivity index (χ0v) is 9.67. The predicted octanol–water partition coefficient (Wildman–Crippen LogP) is 1.86. The van der Waals surface area contributed by atoms with Crippen molar-refractivity contribution in [2.24, 2.45) is 0 Å². The van der Waals surface area contributed by atoms with Crippen LogP contribution in [0.15, 0.2) is 18.2 Å². The number of rotatable bonds is 6. The van der Waals surface area contributed by atoms with E-state index < -0.39 is 0 Å². The summed E-state index contributed by atoms with van der Waals surface area (Å²) in [5.74, 6) is 1.62. The number of hydrogen-bond donors (Lipinski definition) is 1. The minimum atomic E-state index is 0.659. The molecule has 0 aliphatic heterocycles. The fourth-order valence-corrected chi connectivity index (χ4v) is 1.41. The Bertz CT molecular complexity index is 300. The van der Waals surface area contributed by atoms with E-state index in [4.69, 9.17) is 9.47 Å². The Morgan fingerprint density at radius 3 is 2.67 bits per heavy atom. The molecule has 1 aromatic rings. The fraction of sp³-hybridized carbons (Fsp3) is 0.500. The molecule has 1 rings (SSSR count). The topological polar surface area (TPSA) is 30.5 Å². The Hall–Kier alpha value is -1.22. The van der Waals surface area contributed by atoms with Gasteiger partial charge < -0.3 is 14.8 Å². The number of hydrogen-bond acceptors (Lipinski definition) is 3. The molecule has 0 amide bonds. The van der Waals surface area contributed by atoms with Gasteiger partial charge in [-0.1, -0.05) is 6.07 Å². The maximum Gasteiger partial charge on any atom is 0.161 e. The van der Waals surface area contributed by atoms with Crippen molar-refractivity contribution in [3.63, 3.8) is 0 Å². The molecule has 0 aliphatic rings. The van der Waals surface area contributed by atoms with Crippen molar-refractivity contribution < 1.29 is 9.47 Å². The smallest absolute Gasteiger partial charge is 0.161 e. The summed E-state index contributed by atoms with van der Waals surface area (Å²) in [5, 5.41) is 3.12. The molecule has 1 N–H and O–H groups in total. The van der Waals surface area contributed by atoms with Crippen LogP contribution in [0.25, 0.3) is 0 Å². The largest absolute Gasteiger partial charge is 0.493 e. The van der Waals surface area contributed by atoms with Gasteiger partial charge in [0.05, 0.1) is 13.7 Å². The lowest BCUT2D eigenvalue weighted by atomic mass is 10.1. The molecular weight excluding hydrogens is 190 g/mol. The molecule has 0 atom stereocenters. The lowest BCUT2D eigenvalue weighted by molar-refractivity contribution is 0.310. The van der Waals surface area contributed by atoms with Crippen LogP contribution in [0.4, 0.5) is 0 Å². The number of methoxy groups -OCH3 is 1. The molecule has 84 valence electrons. The first-order valence-electron chi connectivity index (χ1n) is 5.26. The van der Waals surface area contributed by atoms with Gasteiger partial charge in [-0.2, -0.15) is 0 Å². The van der Waals surface area contributed by atoms with E-state index in [1.807, 2.05) is 26.1 Å². The Labute approximate surface area is 91.4 Å². The van der Waals surface area contributed by atoms with Crippen molar-refractivity contribution in [2.75, 3.05) is 27.3 Å². The minimum Gasteiger partial charge on any atom is -0.493 e. The van der Waals surface area contributed by atoms with Crippen LogP contribution in [0.2, 0.25) is 0 Å². The highest BCUT2D eigenvalue weighted by molar-refractivity contribution is 5.43. The Balaban J connectivity index is 2.79. The van der Waals surface area contributed by atoms with E-state index in [9.17, 15) is 0 Å². The first kappa shape index (κ1) is 11.9. The van der Waals surface area contributed by atoms with Crippen LogP contribution >= 0.6 is 0 Å². The first-order chi connectivity index (χ1) is 7.31. The highest BCUT2D eigenvalue weighted by atomic mass is 16.5. The Morgan fingerprint density at radius 2 is 2.07 bits per heavy atom. The van der Waals surface area contributed by atoms with Gasteiger partial charge in [0.2, 0.25) is 0 Å². The number of ether oxygens (including phenoxy) is 2. The van der Waals surface area contributed by atoms with Gasteiger partial charge in [-0.3, -0.25) is 0 Å². The van der Waals surface area contributed by atoms with E-state index in [-0.39, 0.29) is 0 Å². The van der Waals surface area contributed by atoms with Crippen molar-refractivity contribution in [2.45, 2.75) is 13.3 Å². The van der Waals surface area contributed by atoms with Crippen molar-refractivity contribution in [3.8, 4) is 11.5 Å². The van der Waals surface area contributed by atoms with Gasteiger partial charge >= 0.3 is 0 Å². The van der Waals surface area contributed by atoms with Crippen LogP contribution in [-0.2, 0) is 6.42 Å². The molecule has 0 aromatic heterocycles. The molecular formula is C12H19NO2. The Kier molecular flexibility index (Phi) is 4.98. The fourth-order valence-electron chi connectivity index (χ4n) is 1.41. The molecule has 0 unspecified atom stereocenters. The summed E-state index contributed by atoms with van der Waals surface area (Å²) in [6.07, 6.45) is 1.00. The maximum atomic E-state index is 5.50. The van der Waals surface area contributed by atoms with Gasteiger partial charge in [0.15, 0.2) is 11.5 Å². The zero-order valence-electron chi connectivity index (χ0n) is 9.67. The lowest BCUT2D eigenvalue weighted by Gasteiger charge is -2.10. The van der Waals surface area contributed by atoms with Gasteiger partial charge in [-0.15, -0.1) is 0 Å². The SMILES string of the molecule is CCOc1cc(CCNC)ccc1OC. The molecule has 0 heterocycles. The Morgan fingerprint density at radius 1 is 1.27 bits per heavy atom. The normalized spacial score (nSPS) is 10.1. The zero-order chi connectivity index (χ0) is 11.1. The van der Waals surface area contributed by atoms with Crippen LogP contribution in [0.1, 0.15) is 12.5 Å². The van der Waals surface area contributed by atoms with Gasteiger partial charge in [-0.25, -0.2) is 0 Å². The molecule has 0 spiro atoms. The van der Waals surface area contributed by atoms with Gasteiger partial charge in [0.25, 0.3) is 0 Å². The summed E-state index contributed by atoms with van der Waals surface area (Å²) in [4.78, 5) is 0. The summed E-state index contributed by atoms with van der Waals surface area (Å²) >= 11 is 0. The lowest BCUT2D eigenvalue weighted by Crippen LogP contribution is -2.10.